The normalized spacial score (nSPS) is 37.5. The van der Waals surface area contributed by atoms with Crippen molar-refractivity contribution in [2.75, 3.05) is 0 Å². The van der Waals surface area contributed by atoms with Gasteiger partial charge in [0.15, 0.2) is 0 Å². The maximum Gasteiger partial charge on any atom is -0.0411 e. The summed E-state index contributed by atoms with van der Waals surface area (Å²) in [6.45, 7) is 4.85. The fourth-order valence-electron chi connectivity index (χ4n) is 4.71. The average molecular weight is 279 g/mol. The third kappa shape index (κ3) is 5.78. The van der Waals surface area contributed by atoms with Crippen molar-refractivity contribution in [2.45, 2.75) is 104 Å². The summed E-state index contributed by atoms with van der Waals surface area (Å²) in [6.07, 6.45) is 21.3. The second-order valence-corrected chi connectivity index (χ2v) is 8.07. The minimum absolute atomic E-state index is 1.01. The van der Waals surface area contributed by atoms with Gasteiger partial charge in [-0.3, -0.25) is 0 Å². The van der Waals surface area contributed by atoms with Gasteiger partial charge in [-0.15, -0.1) is 0 Å². The lowest BCUT2D eigenvalue weighted by atomic mass is 9.76. The van der Waals surface area contributed by atoms with Crippen LogP contribution in [0.5, 0.6) is 0 Å². The van der Waals surface area contributed by atoms with Crippen molar-refractivity contribution in [3.63, 3.8) is 0 Å². The highest BCUT2D eigenvalue weighted by molar-refractivity contribution is 4.74. The summed E-state index contributed by atoms with van der Waals surface area (Å²) in [6, 6.07) is 0. The standard InChI is InChI=1S/C20H38/c1-3-18-8-5-4-6-9-19(11-7-10-18)16-20-14-12-17(2)13-15-20/h17-20H,3-16H2,1-2H3. The zero-order chi connectivity index (χ0) is 14.2. The summed E-state index contributed by atoms with van der Waals surface area (Å²) in [5, 5.41) is 0. The van der Waals surface area contributed by atoms with Gasteiger partial charge < -0.3 is 0 Å². The van der Waals surface area contributed by atoms with Gasteiger partial charge >= 0.3 is 0 Å². The number of hydrogen-bond acceptors (Lipinski definition) is 0. The predicted octanol–water partition coefficient (Wildman–Crippen LogP) is 6.98. The van der Waals surface area contributed by atoms with Gasteiger partial charge in [-0.2, -0.15) is 0 Å². The Labute approximate surface area is 128 Å². The van der Waals surface area contributed by atoms with Crippen LogP contribution < -0.4 is 0 Å². The van der Waals surface area contributed by atoms with Crippen LogP contribution in [-0.4, -0.2) is 0 Å². The Balaban J connectivity index is 1.74. The van der Waals surface area contributed by atoms with E-state index in [1.165, 1.54) is 70.6 Å². The molecular weight excluding hydrogens is 240 g/mol. The zero-order valence-electron chi connectivity index (χ0n) is 14.2. The van der Waals surface area contributed by atoms with E-state index in [0.29, 0.717) is 0 Å². The van der Waals surface area contributed by atoms with E-state index in [1.807, 2.05) is 0 Å². The lowest BCUT2D eigenvalue weighted by Gasteiger charge is -2.30. The van der Waals surface area contributed by atoms with Gasteiger partial charge in [-0.1, -0.05) is 97.3 Å². The third-order valence-corrected chi connectivity index (χ3v) is 6.33. The first kappa shape index (κ1) is 16.4. The summed E-state index contributed by atoms with van der Waals surface area (Å²) in [7, 11) is 0. The highest BCUT2D eigenvalue weighted by atomic mass is 14.3. The molecule has 118 valence electrons. The first-order valence-electron chi connectivity index (χ1n) is 9.78. The predicted molar refractivity (Wildman–Crippen MR) is 89.9 cm³/mol. The highest BCUT2D eigenvalue weighted by Gasteiger charge is 2.22. The van der Waals surface area contributed by atoms with Crippen molar-refractivity contribution in [1.82, 2.24) is 0 Å². The fourth-order valence-corrected chi connectivity index (χ4v) is 4.71. The molecule has 2 saturated carbocycles. The van der Waals surface area contributed by atoms with Crippen molar-refractivity contribution in [3.8, 4) is 0 Å². The zero-order valence-corrected chi connectivity index (χ0v) is 14.2. The number of hydrogen-bond donors (Lipinski definition) is 0. The third-order valence-electron chi connectivity index (χ3n) is 6.33. The summed E-state index contributed by atoms with van der Waals surface area (Å²) in [5.41, 5.74) is 0. The molecule has 0 aromatic heterocycles. The first-order chi connectivity index (χ1) is 9.78. The van der Waals surface area contributed by atoms with E-state index in [1.54, 1.807) is 19.3 Å². The Morgan fingerprint density at radius 3 is 1.85 bits per heavy atom. The fraction of sp³-hybridized carbons (Fsp3) is 1.00. The molecule has 0 aliphatic heterocycles. The molecule has 0 aromatic rings. The van der Waals surface area contributed by atoms with Crippen LogP contribution in [-0.2, 0) is 0 Å². The largest absolute Gasteiger partial charge is 0.0651 e. The molecule has 0 nitrogen and oxygen atoms in total. The molecule has 2 aliphatic rings. The van der Waals surface area contributed by atoms with Crippen LogP contribution in [0.25, 0.3) is 0 Å². The molecule has 0 aromatic carbocycles. The van der Waals surface area contributed by atoms with Crippen LogP contribution in [0.15, 0.2) is 0 Å². The van der Waals surface area contributed by atoms with Gasteiger partial charge in [0.25, 0.3) is 0 Å². The summed E-state index contributed by atoms with van der Waals surface area (Å²) < 4.78 is 0. The van der Waals surface area contributed by atoms with Gasteiger partial charge in [0, 0.05) is 0 Å². The molecule has 2 aliphatic carbocycles. The highest BCUT2D eigenvalue weighted by Crippen LogP contribution is 2.36. The van der Waals surface area contributed by atoms with Crippen LogP contribution in [0.1, 0.15) is 104 Å². The molecule has 0 spiro atoms. The van der Waals surface area contributed by atoms with E-state index >= 15 is 0 Å². The molecule has 2 fully saturated rings. The van der Waals surface area contributed by atoms with E-state index in [9.17, 15) is 0 Å². The van der Waals surface area contributed by atoms with E-state index in [4.69, 9.17) is 0 Å². The number of rotatable bonds is 3. The van der Waals surface area contributed by atoms with Crippen molar-refractivity contribution < 1.29 is 0 Å². The van der Waals surface area contributed by atoms with E-state index in [0.717, 1.165) is 23.7 Å². The molecule has 0 radical (unpaired) electrons. The molecule has 2 rings (SSSR count). The molecule has 0 bridgehead atoms. The maximum atomic E-state index is 2.45. The van der Waals surface area contributed by atoms with Crippen molar-refractivity contribution in [3.05, 3.63) is 0 Å². The summed E-state index contributed by atoms with van der Waals surface area (Å²) in [4.78, 5) is 0. The van der Waals surface area contributed by atoms with Crippen LogP contribution in [0, 0.1) is 23.7 Å². The molecule has 0 saturated heterocycles. The minimum atomic E-state index is 1.01. The van der Waals surface area contributed by atoms with E-state index in [2.05, 4.69) is 13.8 Å². The van der Waals surface area contributed by atoms with E-state index in [-0.39, 0.29) is 0 Å². The second kappa shape index (κ2) is 9.11. The molecule has 0 N–H and O–H groups in total. The van der Waals surface area contributed by atoms with E-state index < -0.39 is 0 Å². The molecule has 20 heavy (non-hydrogen) atoms. The molecule has 0 heteroatoms. The van der Waals surface area contributed by atoms with Gasteiger partial charge in [0.1, 0.15) is 0 Å². The smallest absolute Gasteiger partial charge is 0.0411 e. The minimum Gasteiger partial charge on any atom is -0.0651 e. The van der Waals surface area contributed by atoms with Crippen molar-refractivity contribution in [1.29, 1.82) is 0 Å². The molecule has 0 heterocycles. The Morgan fingerprint density at radius 1 is 0.600 bits per heavy atom. The monoisotopic (exact) mass is 278 g/mol. The van der Waals surface area contributed by atoms with Crippen LogP contribution in [0.3, 0.4) is 0 Å². The molecular formula is C20H38. The van der Waals surface area contributed by atoms with Crippen molar-refractivity contribution >= 4 is 0 Å². The van der Waals surface area contributed by atoms with Crippen molar-refractivity contribution in [2.24, 2.45) is 23.7 Å². The Hall–Kier alpha value is 0. The Morgan fingerprint density at radius 2 is 1.15 bits per heavy atom. The lowest BCUT2D eigenvalue weighted by Crippen LogP contribution is -2.16. The first-order valence-corrected chi connectivity index (χ1v) is 9.78. The van der Waals surface area contributed by atoms with Crippen LogP contribution >= 0.6 is 0 Å². The van der Waals surface area contributed by atoms with Gasteiger partial charge in [-0.05, 0) is 30.1 Å². The summed E-state index contributed by atoms with van der Waals surface area (Å²) in [5.74, 6) is 4.22. The Bertz CT molecular complexity index is 236. The van der Waals surface area contributed by atoms with Crippen LogP contribution in [0.2, 0.25) is 0 Å². The summed E-state index contributed by atoms with van der Waals surface area (Å²) >= 11 is 0. The molecule has 2 unspecified atom stereocenters. The molecule has 2 atom stereocenters. The van der Waals surface area contributed by atoms with Crippen LogP contribution in [0.4, 0.5) is 0 Å². The SMILES string of the molecule is CCC1CCCCCC(CC2CCC(C)CC2)CCC1. The maximum absolute atomic E-state index is 2.45. The topological polar surface area (TPSA) is 0 Å². The second-order valence-electron chi connectivity index (χ2n) is 8.07. The lowest BCUT2D eigenvalue weighted by molar-refractivity contribution is 0.224. The average Bonchev–Trinajstić information content (AvgIpc) is 2.47. The Kier molecular flexibility index (Phi) is 7.45. The van der Waals surface area contributed by atoms with Gasteiger partial charge in [0.2, 0.25) is 0 Å². The van der Waals surface area contributed by atoms with Gasteiger partial charge in [-0.25, -0.2) is 0 Å². The molecule has 0 amide bonds. The quantitative estimate of drug-likeness (QED) is 0.522. The van der Waals surface area contributed by atoms with Gasteiger partial charge in [0.05, 0.1) is 0 Å².